The van der Waals surface area contributed by atoms with E-state index in [4.69, 9.17) is 4.74 Å². The molecule has 0 saturated heterocycles. The highest BCUT2D eigenvalue weighted by atomic mass is 16.5. The number of aromatic nitrogens is 3. The Labute approximate surface area is 229 Å². The van der Waals surface area contributed by atoms with E-state index in [-0.39, 0.29) is 24.2 Å². The van der Waals surface area contributed by atoms with Gasteiger partial charge in [0.25, 0.3) is 5.91 Å². The van der Waals surface area contributed by atoms with E-state index in [2.05, 4.69) is 55.3 Å². The van der Waals surface area contributed by atoms with E-state index in [1.165, 1.54) is 18.2 Å². The van der Waals surface area contributed by atoms with Gasteiger partial charge in [0.05, 0.1) is 19.0 Å². The van der Waals surface area contributed by atoms with Crippen molar-refractivity contribution >= 4 is 22.9 Å². The topological polar surface area (TPSA) is 77.3 Å². The Hall–Kier alpha value is -4.00. The van der Waals surface area contributed by atoms with Crippen molar-refractivity contribution in [3.63, 3.8) is 0 Å². The van der Waals surface area contributed by atoms with Crippen LogP contribution in [-0.2, 0) is 29.0 Å². The SMILES string of the molecule is CCn1nnc2c(C)c(C(CC(=O)OC)c3ccc4c(c3)CN(C(=O)c3cc(C)c(C)c(C)c3)CC4)ccc21. The van der Waals surface area contributed by atoms with Gasteiger partial charge >= 0.3 is 5.97 Å². The van der Waals surface area contributed by atoms with Crippen LogP contribution in [0.2, 0.25) is 0 Å². The summed E-state index contributed by atoms with van der Waals surface area (Å²) in [5.74, 6) is -0.410. The average molecular weight is 525 g/mol. The number of rotatable bonds is 6. The predicted octanol–water partition coefficient (Wildman–Crippen LogP) is 5.58. The molecule has 0 saturated carbocycles. The van der Waals surface area contributed by atoms with Gasteiger partial charge < -0.3 is 9.64 Å². The molecular formula is C32H36N4O3. The van der Waals surface area contributed by atoms with E-state index in [0.29, 0.717) is 13.1 Å². The number of carbonyl (C=O) groups is 2. The third-order valence-electron chi connectivity index (χ3n) is 8.36. The lowest BCUT2D eigenvalue weighted by atomic mass is 9.83. The van der Waals surface area contributed by atoms with Gasteiger partial charge in [-0.05, 0) is 104 Å². The summed E-state index contributed by atoms with van der Waals surface area (Å²) in [6, 6.07) is 14.5. The van der Waals surface area contributed by atoms with E-state index < -0.39 is 0 Å². The highest BCUT2D eigenvalue weighted by Gasteiger charge is 2.27. The monoisotopic (exact) mass is 524 g/mol. The second kappa shape index (κ2) is 10.6. The smallest absolute Gasteiger partial charge is 0.306 e. The Kier molecular flexibility index (Phi) is 7.25. The van der Waals surface area contributed by atoms with Crippen LogP contribution >= 0.6 is 0 Å². The number of ether oxygens (including phenoxy) is 1. The van der Waals surface area contributed by atoms with E-state index in [1.807, 2.05) is 41.6 Å². The van der Waals surface area contributed by atoms with Crippen LogP contribution < -0.4 is 0 Å². The lowest BCUT2D eigenvalue weighted by Gasteiger charge is -2.30. The van der Waals surface area contributed by atoms with Gasteiger partial charge in [-0.2, -0.15) is 0 Å². The predicted molar refractivity (Wildman–Crippen MR) is 152 cm³/mol. The van der Waals surface area contributed by atoms with Crippen LogP contribution in [0.5, 0.6) is 0 Å². The van der Waals surface area contributed by atoms with Crippen molar-refractivity contribution in [3.05, 3.63) is 92.5 Å². The van der Waals surface area contributed by atoms with Gasteiger partial charge in [0.15, 0.2) is 0 Å². The molecule has 0 fully saturated rings. The summed E-state index contributed by atoms with van der Waals surface area (Å²) in [5, 5.41) is 8.71. The largest absolute Gasteiger partial charge is 0.469 e. The first-order valence-electron chi connectivity index (χ1n) is 13.6. The Morgan fingerprint density at radius 3 is 2.41 bits per heavy atom. The van der Waals surface area contributed by atoms with Crippen LogP contribution in [0.15, 0.2) is 42.5 Å². The summed E-state index contributed by atoms with van der Waals surface area (Å²) in [6.45, 7) is 12.3. The minimum absolute atomic E-state index is 0.0590. The third-order valence-corrected chi connectivity index (χ3v) is 8.36. The first kappa shape index (κ1) is 26.6. The molecule has 3 aromatic carbocycles. The Morgan fingerprint density at radius 2 is 1.72 bits per heavy atom. The van der Waals surface area contributed by atoms with Crippen molar-refractivity contribution in [2.24, 2.45) is 0 Å². The number of fused-ring (bicyclic) bond motifs is 2. The number of nitrogens with zero attached hydrogens (tertiary/aromatic N) is 4. The summed E-state index contributed by atoms with van der Waals surface area (Å²) < 4.78 is 6.96. The van der Waals surface area contributed by atoms with Crippen molar-refractivity contribution in [2.75, 3.05) is 13.7 Å². The van der Waals surface area contributed by atoms with Crippen LogP contribution in [0.25, 0.3) is 11.0 Å². The number of esters is 1. The molecule has 1 atom stereocenters. The molecule has 0 spiro atoms. The third kappa shape index (κ3) is 4.93. The fraction of sp³-hybridized carbons (Fsp3) is 0.375. The molecule has 202 valence electrons. The number of methoxy groups -OCH3 is 1. The average Bonchev–Trinajstić information content (AvgIpc) is 3.37. The lowest BCUT2D eigenvalue weighted by Crippen LogP contribution is -2.36. The van der Waals surface area contributed by atoms with Gasteiger partial charge in [0, 0.05) is 31.1 Å². The van der Waals surface area contributed by atoms with Gasteiger partial charge in [-0.15, -0.1) is 5.10 Å². The Morgan fingerprint density at radius 1 is 0.974 bits per heavy atom. The molecule has 2 heterocycles. The van der Waals surface area contributed by atoms with Crippen LogP contribution in [-0.4, -0.2) is 45.4 Å². The zero-order valence-electron chi connectivity index (χ0n) is 23.7. The second-order valence-corrected chi connectivity index (χ2v) is 10.6. The van der Waals surface area contributed by atoms with Gasteiger partial charge in [-0.3, -0.25) is 9.59 Å². The second-order valence-electron chi connectivity index (χ2n) is 10.6. The molecule has 4 aromatic rings. The quantitative estimate of drug-likeness (QED) is 0.308. The maximum Gasteiger partial charge on any atom is 0.306 e. The molecule has 0 bridgehead atoms. The maximum absolute atomic E-state index is 13.5. The summed E-state index contributed by atoms with van der Waals surface area (Å²) in [7, 11) is 1.42. The fourth-order valence-corrected chi connectivity index (χ4v) is 5.76. The minimum atomic E-state index is -0.267. The van der Waals surface area contributed by atoms with Crippen molar-refractivity contribution in [1.29, 1.82) is 0 Å². The Bertz CT molecular complexity index is 1560. The summed E-state index contributed by atoms with van der Waals surface area (Å²) >= 11 is 0. The molecule has 0 aliphatic carbocycles. The highest BCUT2D eigenvalue weighted by Crippen LogP contribution is 2.35. The summed E-state index contributed by atoms with van der Waals surface area (Å²) in [4.78, 5) is 28.0. The van der Waals surface area contributed by atoms with Crippen molar-refractivity contribution < 1.29 is 14.3 Å². The van der Waals surface area contributed by atoms with Gasteiger partial charge in [0.1, 0.15) is 5.52 Å². The normalized spacial score (nSPS) is 13.8. The maximum atomic E-state index is 13.5. The van der Waals surface area contributed by atoms with Crippen LogP contribution in [0.4, 0.5) is 0 Å². The Balaban J connectivity index is 1.50. The summed E-state index contributed by atoms with van der Waals surface area (Å²) in [5.41, 5.74) is 11.5. The molecule has 1 amide bonds. The first-order chi connectivity index (χ1) is 18.7. The standard InChI is InChI=1S/C32H36N4O3/c1-7-36-29-11-10-27(22(5)31(29)33-34-36)28(17-30(37)39-6)24-9-8-23-12-13-35(18-26(23)16-24)32(38)25-14-19(2)21(4)20(3)15-25/h8-11,14-16,28H,7,12-13,17-18H2,1-6H3. The number of hydrogen-bond donors (Lipinski definition) is 0. The molecule has 5 rings (SSSR count). The summed E-state index contributed by atoms with van der Waals surface area (Å²) in [6.07, 6.45) is 1.02. The number of amides is 1. The van der Waals surface area contributed by atoms with Crippen molar-refractivity contribution in [1.82, 2.24) is 19.9 Å². The molecule has 1 aliphatic rings. The number of hydrogen-bond acceptors (Lipinski definition) is 5. The van der Waals surface area contributed by atoms with Crippen LogP contribution in [0.3, 0.4) is 0 Å². The molecule has 1 aromatic heterocycles. The van der Waals surface area contributed by atoms with Crippen molar-refractivity contribution in [3.8, 4) is 0 Å². The zero-order valence-corrected chi connectivity index (χ0v) is 23.7. The molecule has 39 heavy (non-hydrogen) atoms. The highest BCUT2D eigenvalue weighted by molar-refractivity contribution is 5.95. The van der Waals surface area contributed by atoms with E-state index in [1.54, 1.807) is 0 Å². The minimum Gasteiger partial charge on any atom is -0.469 e. The van der Waals surface area contributed by atoms with Gasteiger partial charge in [0.2, 0.25) is 0 Å². The number of aryl methyl sites for hydroxylation is 4. The number of carbonyl (C=O) groups excluding carboxylic acids is 2. The molecule has 1 aliphatic heterocycles. The van der Waals surface area contributed by atoms with Gasteiger partial charge in [-0.1, -0.05) is 29.5 Å². The molecule has 1 unspecified atom stereocenters. The van der Waals surface area contributed by atoms with Gasteiger partial charge in [-0.25, -0.2) is 4.68 Å². The van der Waals surface area contributed by atoms with Crippen LogP contribution in [0.1, 0.15) is 74.1 Å². The van der Waals surface area contributed by atoms with E-state index in [0.717, 1.165) is 62.9 Å². The number of benzene rings is 3. The van der Waals surface area contributed by atoms with E-state index >= 15 is 0 Å². The zero-order chi connectivity index (χ0) is 27.8. The molecular weight excluding hydrogens is 488 g/mol. The van der Waals surface area contributed by atoms with Crippen molar-refractivity contribution in [2.45, 2.75) is 66.5 Å². The van der Waals surface area contributed by atoms with E-state index in [9.17, 15) is 9.59 Å². The molecule has 0 N–H and O–H groups in total. The fourth-order valence-electron chi connectivity index (χ4n) is 5.76. The molecule has 7 heteroatoms. The van der Waals surface area contributed by atoms with Crippen LogP contribution in [0, 0.1) is 27.7 Å². The first-order valence-corrected chi connectivity index (χ1v) is 13.6. The lowest BCUT2D eigenvalue weighted by molar-refractivity contribution is -0.140. The molecule has 0 radical (unpaired) electrons. The molecule has 7 nitrogen and oxygen atoms in total.